The Balaban J connectivity index is 1.82. The minimum atomic E-state index is -0.833. The normalized spacial score (nSPS) is 25.8. The van der Waals surface area contributed by atoms with Crippen molar-refractivity contribution in [3.63, 3.8) is 0 Å². The van der Waals surface area contributed by atoms with Crippen molar-refractivity contribution in [2.75, 3.05) is 25.0 Å². The molecule has 1 N–H and O–H groups in total. The fourth-order valence-corrected chi connectivity index (χ4v) is 3.00. The Bertz CT molecular complexity index is 533. The van der Waals surface area contributed by atoms with Crippen molar-refractivity contribution in [1.82, 2.24) is 4.90 Å². The summed E-state index contributed by atoms with van der Waals surface area (Å²) in [5.41, 5.74) is -0.468. The first-order chi connectivity index (χ1) is 10.1. The first-order valence-electron chi connectivity index (χ1n) is 7.58. The Kier molecular flexibility index (Phi) is 3.85. The van der Waals surface area contributed by atoms with Crippen molar-refractivity contribution in [2.24, 2.45) is 0 Å². The maximum absolute atomic E-state index is 13.9. The second-order valence-corrected chi connectivity index (χ2v) is 5.86. The monoisotopic (exact) mass is 292 g/mol. The van der Waals surface area contributed by atoms with Crippen LogP contribution in [0.1, 0.15) is 26.2 Å². The van der Waals surface area contributed by atoms with Crippen molar-refractivity contribution in [1.29, 1.82) is 0 Å². The molecule has 0 aromatic heterocycles. The molecular weight excluding hydrogens is 271 g/mol. The maximum Gasteiger partial charge on any atom is 0.333 e. The lowest BCUT2D eigenvalue weighted by Gasteiger charge is -2.29. The van der Waals surface area contributed by atoms with Gasteiger partial charge in [-0.2, -0.15) is 0 Å². The number of para-hydroxylation sites is 1. The van der Waals surface area contributed by atoms with E-state index in [9.17, 15) is 9.18 Å². The van der Waals surface area contributed by atoms with Crippen LogP contribution in [0.4, 0.5) is 10.1 Å². The summed E-state index contributed by atoms with van der Waals surface area (Å²) >= 11 is 0. The zero-order valence-corrected chi connectivity index (χ0v) is 12.3. The van der Waals surface area contributed by atoms with Gasteiger partial charge in [0.05, 0.1) is 12.3 Å². The minimum absolute atomic E-state index is 0.281. The van der Waals surface area contributed by atoms with E-state index >= 15 is 0 Å². The van der Waals surface area contributed by atoms with Gasteiger partial charge >= 0.3 is 5.97 Å². The van der Waals surface area contributed by atoms with E-state index < -0.39 is 5.54 Å². The average Bonchev–Trinajstić information content (AvgIpc) is 3.23. The van der Waals surface area contributed by atoms with Gasteiger partial charge in [-0.15, -0.1) is 0 Å². The van der Waals surface area contributed by atoms with Crippen LogP contribution < -0.4 is 5.32 Å². The summed E-state index contributed by atoms with van der Waals surface area (Å²) in [6.45, 7) is 3.57. The SMILES string of the molecule is CCOC(=O)C1(Nc2ccccc2F)CCN(C2CC2)C1. The van der Waals surface area contributed by atoms with E-state index in [0.717, 1.165) is 6.54 Å². The number of benzene rings is 1. The zero-order chi connectivity index (χ0) is 14.9. The lowest BCUT2D eigenvalue weighted by Crippen LogP contribution is -2.50. The molecule has 1 aromatic carbocycles. The summed E-state index contributed by atoms with van der Waals surface area (Å²) < 4.78 is 19.1. The third-order valence-electron chi connectivity index (χ3n) is 4.28. The molecule has 1 saturated heterocycles. The molecule has 1 heterocycles. The van der Waals surface area contributed by atoms with E-state index in [4.69, 9.17) is 4.74 Å². The number of esters is 1. The summed E-state index contributed by atoms with van der Waals surface area (Å²) in [4.78, 5) is 14.7. The molecule has 21 heavy (non-hydrogen) atoms. The molecule has 1 atom stereocenters. The van der Waals surface area contributed by atoms with Crippen molar-refractivity contribution in [3.8, 4) is 0 Å². The van der Waals surface area contributed by atoms with Gasteiger partial charge in [0, 0.05) is 19.1 Å². The highest BCUT2D eigenvalue weighted by molar-refractivity contribution is 5.85. The molecule has 2 aliphatic rings. The van der Waals surface area contributed by atoms with Crippen molar-refractivity contribution >= 4 is 11.7 Å². The average molecular weight is 292 g/mol. The molecule has 4 nitrogen and oxygen atoms in total. The lowest BCUT2D eigenvalue weighted by atomic mass is 9.98. The summed E-state index contributed by atoms with van der Waals surface area (Å²) in [6, 6.07) is 7.05. The Morgan fingerprint density at radius 3 is 2.90 bits per heavy atom. The van der Waals surface area contributed by atoms with Gasteiger partial charge in [0.15, 0.2) is 0 Å². The first-order valence-corrected chi connectivity index (χ1v) is 7.58. The van der Waals surface area contributed by atoms with Crippen LogP contribution in [0.3, 0.4) is 0 Å². The van der Waals surface area contributed by atoms with Crippen LogP contribution in [-0.2, 0) is 9.53 Å². The standard InChI is InChI=1S/C16H21FN2O2/c1-2-21-15(20)16(9-10-19(11-16)12-7-8-12)18-14-6-4-3-5-13(14)17/h3-6,12,18H,2,7-11H2,1H3. The number of hydrogen-bond donors (Lipinski definition) is 1. The lowest BCUT2D eigenvalue weighted by molar-refractivity contribution is -0.148. The van der Waals surface area contributed by atoms with Gasteiger partial charge in [0.25, 0.3) is 0 Å². The number of anilines is 1. The summed E-state index contributed by atoms with van der Waals surface area (Å²) in [5, 5.41) is 3.13. The largest absolute Gasteiger partial charge is 0.464 e. The summed E-state index contributed by atoms with van der Waals surface area (Å²) in [5.74, 6) is -0.623. The van der Waals surface area contributed by atoms with Crippen LogP contribution in [0.5, 0.6) is 0 Å². The molecule has 0 spiro atoms. The number of nitrogens with zero attached hydrogens (tertiary/aromatic N) is 1. The van der Waals surface area contributed by atoms with Crippen LogP contribution in [-0.4, -0.2) is 42.1 Å². The fourth-order valence-electron chi connectivity index (χ4n) is 3.00. The molecule has 5 heteroatoms. The molecule has 1 aliphatic heterocycles. The number of nitrogens with one attached hydrogen (secondary N) is 1. The van der Waals surface area contributed by atoms with E-state index in [1.807, 2.05) is 0 Å². The zero-order valence-electron chi connectivity index (χ0n) is 12.3. The van der Waals surface area contributed by atoms with E-state index in [2.05, 4.69) is 10.2 Å². The third-order valence-corrected chi connectivity index (χ3v) is 4.28. The summed E-state index contributed by atoms with van der Waals surface area (Å²) in [6.07, 6.45) is 3.04. The molecule has 0 bridgehead atoms. The van der Waals surface area contributed by atoms with Gasteiger partial charge in [0.1, 0.15) is 11.4 Å². The maximum atomic E-state index is 13.9. The number of halogens is 1. The quantitative estimate of drug-likeness (QED) is 0.846. The van der Waals surface area contributed by atoms with Gasteiger partial charge in [-0.1, -0.05) is 12.1 Å². The highest BCUT2D eigenvalue weighted by Crippen LogP contribution is 2.36. The van der Waals surface area contributed by atoms with Crippen LogP contribution in [0.25, 0.3) is 0 Å². The van der Waals surface area contributed by atoms with E-state index in [-0.39, 0.29) is 11.8 Å². The number of carbonyl (C=O) groups is 1. The van der Waals surface area contributed by atoms with Gasteiger partial charge in [-0.3, -0.25) is 4.90 Å². The molecule has 2 fully saturated rings. The predicted octanol–water partition coefficient (Wildman–Crippen LogP) is 2.41. The number of likely N-dealkylation sites (tertiary alicyclic amines) is 1. The number of carbonyl (C=O) groups excluding carboxylic acids is 1. The molecule has 1 aliphatic carbocycles. The van der Waals surface area contributed by atoms with Gasteiger partial charge < -0.3 is 10.1 Å². The summed E-state index contributed by atoms with van der Waals surface area (Å²) in [7, 11) is 0. The van der Waals surface area contributed by atoms with Gasteiger partial charge in [-0.05, 0) is 38.3 Å². The van der Waals surface area contributed by atoms with Crippen LogP contribution in [0, 0.1) is 5.82 Å². The number of rotatable bonds is 5. The van der Waals surface area contributed by atoms with Crippen molar-refractivity contribution in [3.05, 3.63) is 30.1 Å². The van der Waals surface area contributed by atoms with E-state index in [1.165, 1.54) is 18.9 Å². The fraction of sp³-hybridized carbons (Fsp3) is 0.562. The number of ether oxygens (including phenoxy) is 1. The minimum Gasteiger partial charge on any atom is -0.464 e. The third kappa shape index (κ3) is 2.88. The topological polar surface area (TPSA) is 41.6 Å². The van der Waals surface area contributed by atoms with E-state index in [1.54, 1.807) is 25.1 Å². The van der Waals surface area contributed by atoms with Crippen LogP contribution in [0.2, 0.25) is 0 Å². The Hall–Kier alpha value is -1.62. The molecule has 0 radical (unpaired) electrons. The molecule has 0 amide bonds. The Labute approximate surface area is 124 Å². The van der Waals surface area contributed by atoms with Crippen molar-refractivity contribution in [2.45, 2.75) is 37.8 Å². The molecule has 1 saturated carbocycles. The Morgan fingerprint density at radius 1 is 1.48 bits per heavy atom. The van der Waals surface area contributed by atoms with Crippen molar-refractivity contribution < 1.29 is 13.9 Å². The number of hydrogen-bond acceptors (Lipinski definition) is 4. The molecule has 1 aromatic rings. The highest BCUT2D eigenvalue weighted by atomic mass is 19.1. The van der Waals surface area contributed by atoms with E-state index in [0.29, 0.717) is 31.3 Å². The second kappa shape index (κ2) is 5.64. The molecular formula is C16H21FN2O2. The predicted molar refractivity (Wildman–Crippen MR) is 78.6 cm³/mol. The van der Waals surface area contributed by atoms with Crippen LogP contribution >= 0.6 is 0 Å². The first kappa shape index (κ1) is 14.3. The van der Waals surface area contributed by atoms with Gasteiger partial charge in [0.2, 0.25) is 0 Å². The second-order valence-electron chi connectivity index (χ2n) is 5.86. The molecule has 1 unspecified atom stereocenters. The highest BCUT2D eigenvalue weighted by Gasteiger charge is 2.49. The molecule has 3 rings (SSSR count). The smallest absolute Gasteiger partial charge is 0.333 e. The van der Waals surface area contributed by atoms with Crippen LogP contribution in [0.15, 0.2) is 24.3 Å². The van der Waals surface area contributed by atoms with Gasteiger partial charge in [-0.25, -0.2) is 9.18 Å². The Morgan fingerprint density at radius 2 is 2.24 bits per heavy atom. The molecule has 114 valence electrons.